The van der Waals surface area contributed by atoms with E-state index in [9.17, 15) is 0 Å². The monoisotopic (exact) mass is 368 g/mol. The third-order valence-electron chi connectivity index (χ3n) is 7.45. The van der Waals surface area contributed by atoms with Gasteiger partial charge in [0.2, 0.25) is 0 Å². The molecule has 2 aliphatic heterocycles. The number of hydrogen-bond donors (Lipinski definition) is 2. The fraction of sp³-hybridized carbons (Fsp3) is 0.682. The summed E-state index contributed by atoms with van der Waals surface area (Å²) in [7, 11) is 0. The number of ether oxygens (including phenoxy) is 1. The van der Waals surface area contributed by atoms with Crippen molar-refractivity contribution < 1.29 is 4.74 Å². The molecular weight excluding hydrogens is 336 g/mol. The highest BCUT2D eigenvalue weighted by atomic mass is 16.5. The Balaban J connectivity index is 1.13. The lowest BCUT2D eigenvalue weighted by Crippen LogP contribution is -2.66. The summed E-state index contributed by atoms with van der Waals surface area (Å²) in [6, 6.07) is 11.6. The maximum Gasteiger partial charge on any atom is 0.189 e. The fourth-order valence-electron chi connectivity index (χ4n) is 5.86. The minimum Gasteiger partial charge on any atom is -0.377 e. The third-order valence-corrected chi connectivity index (χ3v) is 7.45. The van der Waals surface area contributed by atoms with Crippen LogP contribution in [-0.4, -0.2) is 48.7 Å². The number of piperidine rings is 1. The molecule has 3 N–H and O–H groups in total. The molecule has 27 heavy (non-hydrogen) atoms. The summed E-state index contributed by atoms with van der Waals surface area (Å²) in [4.78, 5) is 7.51. The van der Waals surface area contributed by atoms with Crippen molar-refractivity contribution in [1.82, 2.24) is 10.2 Å². The normalized spacial score (nSPS) is 33.3. The van der Waals surface area contributed by atoms with Gasteiger partial charge in [-0.05, 0) is 37.7 Å². The van der Waals surface area contributed by atoms with Crippen LogP contribution in [0.2, 0.25) is 0 Å². The van der Waals surface area contributed by atoms with Gasteiger partial charge in [-0.3, -0.25) is 4.90 Å². The molecule has 1 spiro atoms. The first-order valence-electron chi connectivity index (χ1n) is 10.7. The number of likely N-dealkylation sites (tertiary alicyclic amines) is 1. The van der Waals surface area contributed by atoms with Gasteiger partial charge in [0, 0.05) is 43.6 Å². The van der Waals surface area contributed by atoms with Crippen molar-refractivity contribution in [2.75, 3.05) is 19.7 Å². The van der Waals surface area contributed by atoms with E-state index in [4.69, 9.17) is 15.5 Å². The van der Waals surface area contributed by atoms with Crippen LogP contribution in [0.1, 0.15) is 44.1 Å². The predicted molar refractivity (Wildman–Crippen MR) is 107 cm³/mol. The molecule has 1 aromatic carbocycles. The summed E-state index contributed by atoms with van der Waals surface area (Å²) in [5.74, 6) is 1.27. The van der Waals surface area contributed by atoms with Gasteiger partial charge >= 0.3 is 0 Å². The molecule has 3 unspecified atom stereocenters. The number of hydrogen-bond acceptors (Lipinski definition) is 3. The van der Waals surface area contributed by atoms with Gasteiger partial charge in [0.1, 0.15) is 0 Å². The average Bonchev–Trinajstić information content (AvgIpc) is 3.06. The third kappa shape index (κ3) is 3.15. The van der Waals surface area contributed by atoms with E-state index in [1.54, 1.807) is 0 Å². The van der Waals surface area contributed by atoms with E-state index in [0.29, 0.717) is 35.5 Å². The largest absolute Gasteiger partial charge is 0.377 e. The zero-order valence-electron chi connectivity index (χ0n) is 16.1. The number of guanidine groups is 1. The first-order valence-corrected chi connectivity index (χ1v) is 10.7. The highest BCUT2D eigenvalue weighted by Gasteiger charge is 2.66. The molecule has 0 bridgehead atoms. The van der Waals surface area contributed by atoms with Crippen LogP contribution in [0.5, 0.6) is 0 Å². The van der Waals surface area contributed by atoms with Crippen molar-refractivity contribution in [2.45, 2.75) is 63.3 Å². The van der Waals surface area contributed by atoms with Crippen LogP contribution in [0.25, 0.3) is 0 Å². The van der Waals surface area contributed by atoms with Crippen molar-refractivity contribution in [3.63, 3.8) is 0 Å². The zero-order valence-corrected chi connectivity index (χ0v) is 16.1. The Bertz CT molecular complexity index is 679. The molecule has 2 aliphatic carbocycles. The lowest BCUT2D eigenvalue weighted by molar-refractivity contribution is -0.164. The molecule has 4 aliphatic rings. The highest BCUT2D eigenvalue weighted by Crippen LogP contribution is 2.64. The van der Waals surface area contributed by atoms with Gasteiger partial charge in [-0.2, -0.15) is 0 Å². The van der Waals surface area contributed by atoms with Crippen molar-refractivity contribution in [1.29, 1.82) is 0 Å². The van der Waals surface area contributed by atoms with E-state index in [0.717, 1.165) is 45.5 Å². The molecule has 0 aromatic heterocycles. The highest BCUT2D eigenvalue weighted by molar-refractivity contribution is 5.78. The molecule has 4 fully saturated rings. The lowest BCUT2D eigenvalue weighted by atomic mass is 9.46. The minimum atomic E-state index is 0.326. The topological polar surface area (TPSA) is 62.9 Å². The maximum atomic E-state index is 6.34. The predicted octanol–water partition coefficient (Wildman–Crippen LogP) is 2.51. The quantitative estimate of drug-likeness (QED) is 0.633. The summed E-state index contributed by atoms with van der Waals surface area (Å²) in [6.45, 7) is 4.19. The molecule has 5 nitrogen and oxygen atoms in total. The van der Waals surface area contributed by atoms with E-state index in [2.05, 4.69) is 40.5 Å². The van der Waals surface area contributed by atoms with Crippen molar-refractivity contribution >= 4 is 5.96 Å². The van der Waals surface area contributed by atoms with Gasteiger partial charge in [-0.25, -0.2) is 4.99 Å². The van der Waals surface area contributed by atoms with Gasteiger partial charge in [0.15, 0.2) is 5.96 Å². The smallest absolute Gasteiger partial charge is 0.189 e. The number of benzene rings is 1. The lowest BCUT2D eigenvalue weighted by Gasteiger charge is -2.61. The van der Waals surface area contributed by atoms with E-state index >= 15 is 0 Å². The number of nitrogens with two attached hydrogens (primary N) is 1. The second-order valence-corrected chi connectivity index (χ2v) is 8.97. The summed E-state index contributed by atoms with van der Waals surface area (Å²) in [5.41, 5.74) is 8.06. The second-order valence-electron chi connectivity index (χ2n) is 8.97. The SMILES string of the molecule is NC(=NC1C2CCOC2C12CCC2)NC1CCN(Cc2ccccc2)CC1. The fourth-order valence-corrected chi connectivity index (χ4v) is 5.86. The van der Waals surface area contributed by atoms with Crippen LogP contribution < -0.4 is 11.1 Å². The molecular formula is C22H32N4O. The Morgan fingerprint density at radius 2 is 1.96 bits per heavy atom. The Hall–Kier alpha value is -1.59. The van der Waals surface area contributed by atoms with Crippen LogP contribution >= 0.6 is 0 Å². The number of rotatable bonds is 4. The second kappa shape index (κ2) is 7.10. The van der Waals surface area contributed by atoms with E-state index in [1.807, 2.05) is 0 Å². The minimum absolute atomic E-state index is 0.326. The Morgan fingerprint density at radius 3 is 2.67 bits per heavy atom. The van der Waals surface area contributed by atoms with Crippen molar-refractivity contribution in [2.24, 2.45) is 22.1 Å². The molecule has 0 radical (unpaired) electrons. The molecule has 146 valence electrons. The zero-order chi connectivity index (χ0) is 18.3. The van der Waals surface area contributed by atoms with E-state index in [1.165, 1.54) is 24.8 Å². The van der Waals surface area contributed by atoms with Gasteiger partial charge in [0.05, 0.1) is 12.1 Å². The van der Waals surface area contributed by atoms with Crippen molar-refractivity contribution in [3.05, 3.63) is 35.9 Å². The summed E-state index contributed by atoms with van der Waals surface area (Å²) < 4.78 is 6.00. The number of nitrogens with one attached hydrogen (secondary N) is 1. The van der Waals surface area contributed by atoms with E-state index in [-0.39, 0.29) is 0 Å². The van der Waals surface area contributed by atoms with Crippen LogP contribution in [0.4, 0.5) is 0 Å². The molecule has 5 heteroatoms. The van der Waals surface area contributed by atoms with Gasteiger partial charge in [-0.15, -0.1) is 0 Å². The maximum absolute atomic E-state index is 6.34. The van der Waals surface area contributed by atoms with Crippen LogP contribution in [0.3, 0.4) is 0 Å². The van der Waals surface area contributed by atoms with Crippen LogP contribution in [0, 0.1) is 11.3 Å². The molecule has 2 saturated carbocycles. The molecule has 0 amide bonds. The Kier molecular flexibility index (Phi) is 4.60. The number of aliphatic imine (C=N–C) groups is 1. The van der Waals surface area contributed by atoms with Crippen LogP contribution in [0.15, 0.2) is 35.3 Å². The Labute approximate surface area is 162 Å². The average molecular weight is 369 g/mol. The van der Waals surface area contributed by atoms with Gasteiger partial charge in [0.25, 0.3) is 0 Å². The first-order chi connectivity index (χ1) is 13.2. The summed E-state index contributed by atoms with van der Waals surface area (Å²) in [6.07, 6.45) is 7.76. The van der Waals surface area contributed by atoms with Crippen molar-refractivity contribution in [3.8, 4) is 0 Å². The summed E-state index contributed by atoms with van der Waals surface area (Å²) >= 11 is 0. The van der Waals surface area contributed by atoms with Gasteiger partial charge in [-0.1, -0.05) is 36.8 Å². The summed E-state index contributed by atoms with van der Waals surface area (Å²) in [5, 5.41) is 3.53. The molecule has 5 rings (SSSR count). The Morgan fingerprint density at radius 1 is 1.19 bits per heavy atom. The van der Waals surface area contributed by atoms with E-state index < -0.39 is 0 Å². The first kappa shape index (κ1) is 17.5. The van der Waals surface area contributed by atoms with Gasteiger partial charge < -0.3 is 15.8 Å². The molecule has 1 aromatic rings. The number of nitrogens with zero attached hydrogens (tertiary/aromatic N) is 2. The standard InChI is InChI=1S/C22H32N4O/c23-21(25-19-18-9-14-27-20(18)22(19)10-4-11-22)24-17-7-12-26(13-8-17)15-16-5-2-1-3-6-16/h1-3,5-6,17-20H,4,7-15H2,(H3,23,24,25). The molecule has 3 atom stereocenters. The van der Waals surface area contributed by atoms with Crippen LogP contribution in [-0.2, 0) is 11.3 Å². The molecule has 2 heterocycles. The molecule has 2 saturated heterocycles. The number of fused-ring (bicyclic) bond motifs is 2.